The highest BCUT2D eigenvalue weighted by molar-refractivity contribution is 5.36. The van der Waals surface area contributed by atoms with Crippen molar-refractivity contribution in [2.45, 2.75) is 31.3 Å². The first-order chi connectivity index (χ1) is 8.77. The molecule has 3 N–H and O–H groups in total. The number of rotatable bonds is 4. The van der Waals surface area contributed by atoms with Gasteiger partial charge in [0.25, 0.3) is 0 Å². The molecule has 0 spiro atoms. The van der Waals surface area contributed by atoms with E-state index in [2.05, 4.69) is 12.1 Å². The van der Waals surface area contributed by atoms with Crippen LogP contribution in [0.4, 0.5) is 0 Å². The molecule has 0 aromatic heterocycles. The lowest BCUT2D eigenvalue weighted by Gasteiger charge is -2.32. The van der Waals surface area contributed by atoms with Gasteiger partial charge in [0.2, 0.25) is 0 Å². The number of hydrogen-bond donors (Lipinski definition) is 2. The summed E-state index contributed by atoms with van der Waals surface area (Å²) < 4.78 is 5.47. The van der Waals surface area contributed by atoms with Crippen molar-refractivity contribution in [1.29, 1.82) is 0 Å². The predicted molar refractivity (Wildman–Crippen MR) is 70.3 cm³/mol. The van der Waals surface area contributed by atoms with Gasteiger partial charge in [-0.2, -0.15) is 0 Å². The highest BCUT2D eigenvalue weighted by Crippen LogP contribution is 2.47. The summed E-state index contributed by atoms with van der Waals surface area (Å²) in [5, 5.41) is 10.8. The third-order valence-corrected chi connectivity index (χ3v) is 4.43. The van der Waals surface area contributed by atoms with Crippen LogP contribution in [-0.2, 0) is 4.74 Å². The fourth-order valence-electron chi connectivity index (χ4n) is 2.97. The fraction of sp³-hybridized carbons (Fsp3) is 0.600. The molecule has 1 aliphatic carbocycles. The molecule has 18 heavy (non-hydrogen) atoms. The zero-order chi connectivity index (χ0) is 12.6. The number of aliphatic hydroxyl groups is 1. The van der Waals surface area contributed by atoms with E-state index in [0.29, 0.717) is 25.7 Å². The van der Waals surface area contributed by atoms with E-state index in [4.69, 9.17) is 10.5 Å². The summed E-state index contributed by atoms with van der Waals surface area (Å²) >= 11 is 0. The zero-order valence-corrected chi connectivity index (χ0v) is 10.6. The Morgan fingerprint density at radius 1 is 1.39 bits per heavy atom. The lowest BCUT2D eigenvalue weighted by molar-refractivity contribution is 0.0185. The lowest BCUT2D eigenvalue weighted by Crippen LogP contribution is -2.37. The van der Waals surface area contributed by atoms with Crippen molar-refractivity contribution in [3.05, 3.63) is 35.4 Å². The van der Waals surface area contributed by atoms with Crippen LogP contribution < -0.4 is 5.73 Å². The van der Waals surface area contributed by atoms with Gasteiger partial charge in [0.15, 0.2) is 0 Å². The maximum absolute atomic E-state index is 10.8. The van der Waals surface area contributed by atoms with Gasteiger partial charge in [-0.1, -0.05) is 24.3 Å². The Morgan fingerprint density at radius 2 is 2.17 bits per heavy atom. The van der Waals surface area contributed by atoms with Crippen LogP contribution in [0.3, 0.4) is 0 Å². The number of benzene rings is 1. The first-order valence-electron chi connectivity index (χ1n) is 6.81. The maximum atomic E-state index is 10.8. The summed E-state index contributed by atoms with van der Waals surface area (Å²) in [7, 11) is 0. The van der Waals surface area contributed by atoms with Crippen molar-refractivity contribution >= 4 is 0 Å². The van der Waals surface area contributed by atoms with Crippen LogP contribution in [0.15, 0.2) is 24.3 Å². The van der Waals surface area contributed by atoms with Crippen molar-refractivity contribution < 1.29 is 9.84 Å². The third-order valence-electron chi connectivity index (χ3n) is 4.43. The van der Waals surface area contributed by atoms with Crippen LogP contribution in [0, 0.1) is 5.41 Å². The minimum Gasteiger partial charge on any atom is -0.388 e. The van der Waals surface area contributed by atoms with Gasteiger partial charge in [-0.15, -0.1) is 0 Å². The van der Waals surface area contributed by atoms with Crippen molar-refractivity contribution in [2.75, 3.05) is 19.8 Å². The molecule has 3 heteroatoms. The SMILES string of the molecule is NCC1(C(O)c2ccccc2C2CC2)CCOC1. The molecule has 1 aliphatic heterocycles. The molecule has 1 saturated carbocycles. The summed E-state index contributed by atoms with van der Waals surface area (Å²) in [5.74, 6) is 0.646. The summed E-state index contributed by atoms with van der Waals surface area (Å²) in [6.07, 6.45) is 2.84. The van der Waals surface area contributed by atoms with Gasteiger partial charge in [0.05, 0.1) is 12.7 Å². The van der Waals surface area contributed by atoms with Crippen molar-refractivity contribution in [3.63, 3.8) is 0 Å². The molecule has 2 unspecified atom stereocenters. The second-order valence-corrected chi connectivity index (χ2v) is 5.67. The van der Waals surface area contributed by atoms with Crippen LogP contribution >= 0.6 is 0 Å². The predicted octanol–water partition coefficient (Wildman–Crippen LogP) is 1.96. The molecule has 3 nitrogen and oxygen atoms in total. The Labute approximate surface area is 108 Å². The van der Waals surface area contributed by atoms with Crippen molar-refractivity contribution in [2.24, 2.45) is 11.1 Å². The molecule has 3 rings (SSSR count). The average molecular weight is 247 g/mol. The first-order valence-corrected chi connectivity index (χ1v) is 6.81. The highest BCUT2D eigenvalue weighted by Gasteiger charge is 2.43. The maximum Gasteiger partial charge on any atom is 0.0884 e. The van der Waals surface area contributed by atoms with E-state index < -0.39 is 6.10 Å². The Bertz CT molecular complexity index is 422. The van der Waals surface area contributed by atoms with E-state index in [-0.39, 0.29) is 5.41 Å². The minimum absolute atomic E-state index is 0.287. The molecule has 0 radical (unpaired) electrons. The van der Waals surface area contributed by atoms with E-state index in [9.17, 15) is 5.11 Å². The second kappa shape index (κ2) is 4.65. The third kappa shape index (κ3) is 1.96. The van der Waals surface area contributed by atoms with E-state index >= 15 is 0 Å². The van der Waals surface area contributed by atoms with Gasteiger partial charge in [0, 0.05) is 18.6 Å². The molecule has 2 aliphatic rings. The molecule has 1 saturated heterocycles. The quantitative estimate of drug-likeness (QED) is 0.855. The monoisotopic (exact) mass is 247 g/mol. The van der Waals surface area contributed by atoms with Crippen molar-refractivity contribution in [1.82, 2.24) is 0 Å². The van der Waals surface area contributed by atoms with Gasteiger partial charge in [0.1, 0.15) is 0 Å². The fourth-order valence-corrected chi connectivity index (χ4v) is 2.97. The highest BCUT2D eigenvalue weighted by atomic mass is 16.5. The smallest absolute Gasteiger partial charge is 0.0884 e. The molecule has 98 valence electrons. The Kier molecular flexibility index (Phi) is 3.14. The van der Waals surface area contributed by atoms with Crippen LogP contribution in [0.2, 0.25) is 0 Å². The zero-order valence-electron chi connectivity index (χ0n) is 10.6. The molecule has 1 aromatic carbocycles. The standard InChI is InChI=1S/C15H21NO2/c16-9-15(7-8-18-10-15)14(17)13-4-2-1-3-12(13)11-5-6-11/h1-4,11,14,17H,5-10,16H2. The van der Waals surface area contributed by atoms with E-state index in [1.807, 2.05) is 12.1 Å². The van der Waals surface area contributed by atoms with Crippen molar-refractivity contribution in [3.8, 4) is 0 Å². The minimum atomic E-state index is -0.498. The van der Waals surface area contributed by atoms with Crippen LogP contribution in [0.1, 0.15) is 42.4 Å². The molecule has 1 heterocycles. The number of nitrogens with two attached hydrogens (primary N) is 1. The molecule has 2 fully saturated rings. The largest absolute Gasteiger partial charge is 0.388 e. The Morgan fingerprint density at radius 3 is 2.78 bits per heavy atom. The number of ether oxygens (including phenoxy) is 1. The molecule has 2 atom stereocenters. The van der Waals surface area contributed by atoms with Gasteiger partial charge in [-0.05, 0) is 36.3 Å². The normalized spacial score (nSPS) is 29.4. The van der Waals surface area contributed by atoms with E-state index in [1.165, 1.54) is 18.4 Å². The molecule has 0 bridgehead atoms. The van der Waals surface area contributed by atoms with Gasteiger partial charge >= 0.3 is 0 Å². The number of hydrogen-bond acceptors (Lipinski definition) is 3. The van der Waals surface area contributed by atoms with Gasteiger partial charge in [-0.3, -0.25) is 0 Å². The Hall–Kier alpha value is -0.900. The average Bonchev–Trinajstić information content (AvgIpc) is 3.15. The molecular weight excluding hydrogens is 226 g/mol. The number of aliphatic hydroxyl groups excluding tert-OH is 1. The summed E-state index contributed by atoms with van der Waals surface area (Å²) in [4.78, 5) is 0. The molecular formula is C15H21NO2. The van der Waals surface area contributed by atoms with Gasteiger partial charge < -0.3 is 15.6 Å². The second-order valence-electron chi connectivity index (χ2n) is 5.67. The summed E-state index contributed by atoms with van der Waals surface area (Å²) in [6.45, 7) is 1.76. The lowest BCUT2D eigenvalue weighted by atomic mass is 9.76. The summed E-state index contributed by atoms with van der Waals surface area (Å²) in [6, 6.07) is 8.26. The summed E-state index contributed by atoms with van der Waals surface area (Å²) in [5.41, 5.74) is 8.00. The molecule has 0 amide bonds. The van der Waals surface area contributed by atoms with E-state index in [0.717, 1.165) is 12.0 Å². The topological polar surface area (TPSA) is 55.5 Å². The van der Waals surface area contributed by atoms with E-state index in [1.54, 1.807) is 0 Å². The first kappa shape index (κ1) is 12.2. The van der Waals surface area contributed by atoms with Crippen LogP contribution in [0.5, 0.6) is 0 Å². The Balaban J connectivity index is 1.93. The molecule has 1 aromatic rings. The van der Waals surface area contributed by atoms with Crippen LogP contribution in [-0.4, -0.2) is 24.9 Å². The van der Waals surface area contributed by atoms with Crippen LogP contribution in [0.25, 0.3) is 0 Å². The van der Waals surface area contributed by atoms with Gasteiger partial charge in [-0.25, -0.2) is 0 Å².